The van der Waals surface area contributed by atoms with E-state index in [1.165, 1.54) is 0 Å². The first-order chi connectivity index (χ1) is 9.63. The van der Waals surface area contributed by atoms with E-state index >= 15 is 0 Å². The highest BCUT2D eigenvalue weighted by Gasteiger charge is 2.32. The largest absolute Gasteiger partial charge is 0.355 e. The smallest absolute Gasteiger partial charge is 0.223 e. The fourth-order valence-electron chi connectivity index (χ4n) is 3.19. The maximum absolute atomic E-state index is 12.5. The monoisotopic (exact) mass is 299 g/mol. The molecule has 0 saturated heterocycles. The molecule has 0 heterocycles. The van der Waals surface area contributed by atoms with Gasteiger partial charge in [-0.05, 0) is 38.5 Å². The zero-order chi connectivity index (χ0) is 15.0. The second-order valence-corrected chi connectivity index (χ2v) is 6.31. The highest BCUT2D eigenvalue weighted by Crippen LogP contribution is 2.32. The van der Waals surface area contributed by atoms with Crippen molar-refractivity contribution in [2.75, 3.05) is 12.3 Å². The van der Waals surface area contributed by atoms with E-state index in [0.29, 0.717) is 18.1 Å². The minimum absolute atomic E-state index is 0.102. The van der Waals surface area contributed by atoms with Gasteiger partial charge in [-0.1, -0.05) is 20.3 Å². The zero-order valence-electron chi connectivity index (χ0n) is 12.9. The third kappa shape index (κ3) is 5.12. The van der Waals surface area contributed by atoms with Crippen LogP contribution in [0.2, 0.25) is 0 Å². The van der Waals surface area contributed by atoms with Crippen LogP contribution in [0.1, 0.15) is 58.8 Å². The van der Waals surface area contributed by atoms with Gasteiger partial charge < -0.3 is 5.32 Å². The zero-order valence-corrected chi connectivity index (χ0v) is 13.8. The van der Waals surface area contributed by atoms with Gasteiger partial charge in [-0.25, -0.2) is 0 Å². The van der Waals surface area contributed by atoms with Gasteiger partial charge in [-0.2, -0.15) is 12.6 Å². The molecule has 1 N–H and O–H groups in total. The van der Waals surface area contributed by atoms with Gasteiger partial charge in [0.1, 0.15) is 5.78 Å². The van der Waals surface area contributed by atoms with Crippen LogP contribution in [0.25, 0.3) is 0 Å². The molecule has 0 aromatic heterocycles. The van der Waals surface area contributed by atoms with E-state index < -0.39 is 0 Å². The Labute approximate surface area is 128 Å². The Morgan fingerprint density at radius 1 is 1.15 bits per heavy atom. The first kappa shape index (κ1) is 17.5. The summed E-state index contributed by atoms with van der Waals surface area (Å²) < 4.78 is 0. The van der Waals surface area contributed by atoms with Crippen molar-refractivity contribution in [2.45, 2.75) is 58.8 Å². The van der Waals surface area contributed by atoms with Crippen LogP contribution in [0.4, 0.5) is 0 Å². The van der Waals surface area contributed by atoms with Gasteiger partial charge >= 0.3 is 0 Å². The van der Waals surface area contributed by atoms with Crippen LogP contribution in [-0.2, 0) is 9.59 Å². The standard InChI is InChI=1S/C16H29NO2S/c1-3-5-12(4-2)15(18)13-6-8-14(9-7-13)16(19)17-10-11-20/h12-14,20H,3-11H2,1-2H3,(H,17,19). The van der Waals surface area contributed by atoms with E-state index in [4.69, 9.17) is 0 Å². The average Bonchev–Trinajstić information content (AvgIpc) is 2.49. The molecule has 0 aromatic carbocycles. The van der Waals surface area contributed by atoms with Gasteiger partial charge in [0, 0.05) is 30.1 Å². The van der Waals surface area contributed by atoms with Crippen LogP contribution in [0, 0.1) is 17.8 Å². The van der Waals surface area contributed by atoms with E-state index in [2.05, 4.69) is 31.8 Å². The van der Waals surface area contributed by atoms with E-state index in [-0.39, 0.29) is 23.7 Å². The van der Waals surface area contributed by atoms with Crippen molar-refractivity contribution in [3.05, 3.63) is 0 Å². The van der Waals surface area contributed by atoms with Crippen LogP contribution < -0.4 is 5.32 Å². The van der Waals surface area contributed by atoms with Crippen molar-refractivity contribution in [1.29, 1.82) is 0 Å². The summed E-state index contributed by atoms with van der Waals surface area (Å²) in [4.78, 5) is 24.4. The van der Waals surface area contributed by atoms with Crippen molar-refractivity contribution < 1.29 is 9.59 Å². The summed E-state index contributed by atoms with van der Waals surface area (Å²) >= 11 is 4.09. The SMILES string of the molecule is CCCC(CC)C(=O)C1CCC(C(=O)NCCS)CC1. The van der Waals surface area contributed by atoms with Crippen LogP contribution >= 0.6 is 12.6 Å². The molecule has 1 aliphatic rings. The third-order valence-electron chi connectivity index (χ3n) is 4.44. The van der Waals surface area contributed by atoms with E-state index in [0.717, 1.165) is 44.9 Å². The third-order valence-corrected chi connectivity index (χ3v) is 4.67. The molecule has 4 heteroatoms. The number of carbonyl (C=O) groups is 2. The summed E-state index contributed by atoms with van der Waals surface area (Å²) in [5.41, 5.74) is 0. The molecule has 1 amide bonds. The van der Waals surface area contributed by atoms with Gasteiger partial charge in [0.2, 0.25) is 5.91 Å². The number of nitrogens with one attached hydrogen (secondary N) is 1. The van der Waals surface area contributed by atoms with Crippen molar-refractivity contribution in [3.8, 4) is 0 Å². The molecule has 1 rings (SSSR count). The number of thiol groups is 1. The Bertz CT molecular complexity index is 312. The molecule has 1 aliphatic carbocycles. The molecule has 1 unspecified atom stereocenters. The fourth-order valence-corrected chi connectivity index (χ4v) is 3.30. The van der Waals surface area contributed by atoms with E-state index in [1.807, 2.05) is 0 Å². The number of hydrogen-bond acceptors (Lipinski definition) is 3. The Balaban J connectivity index is 2.41. The molecule has 3 nitrogen and oxygen atoms in total. The van der Waals surface area contributed by atoms with Crippen LogP contribution in [0.15, 0.2) is 0 Å². The van der Waals surface area contributed by atoms with E-state index in [9.17, 15) is 9.59 Å². The lowest BCUT2D eigenvalue weighted by Crippen LogP contribution is -2.36. The van der Waals surface area contributed by atoms with Gasteiger partial charge in [0.05, 0.1) is 0 Å². The van der Waals surface area contributed by atoms with Crippen molar-refractivity contribution in [2.24, 2.45) is 17.8 Å². The summed E-state index contributed by atoms with van der Waals surface area (Å²) in [5, 5.41) is 2.90. The highest BCUT2D eigenvalue weighted by atomic mass is 32.1. The van der Waals surface area contributed by atoms with Gasteiger partial charge in [-0.3, -0.25) is 9.59 Å². The van der Waals surface area contributed by atoms with Gasteiger partial charge in [-0.15, -0.1) is 0 Å². The fraction of sp³-hybridized carbons (Fsp3) is 0.875. The normalized spacial score (nSPS) is 24.1. The predicted molar refractivity (Wildman–Crippen MR) is 86.0 cm³/mol. The van der Waals surface area contributed by atoms with Crippen molar-refractivity contribution in [1.82, 2.24) is 5.32 Å². The lowest BCUT2D eigenvalue weighted by Gasteiger charge is -2.29. The maximum Gasteiger partial charge on any atom is 0.223 e. The molecule has 1 fully saturated rings. The summed E-state index contributed by atoms with van der Waals surface area (Å²) in [5.74, 6) is 1.80. The van der Waals surface area contributed by atoms with Crippen LogP contribution in [0.5, 0.6) is 0 Å². The highest BCUT2D eigenvalue weighted by molar-refractivity contribution is 7.80. The van der Waals surface area contributed by atoms with Crippen molar-refractivity contribution in [3.63, 3.8) is 0 Å². The topological polar surface area (TPSA) is 46.2 Å². The Kier molecular flexibility index (Phi) is 8.27. The Hall–Kier alpha value is -0.510. The number of amides is 1. The van der Waals surface area contributed by atoms with Gasteiger partial charge in [0.25, 0.3) is 0 Å². The number of carbonyl (C=O) groups excluding carboxylic acids is 2. The second kappa shape index (κ2) is 9.43. The summed E-state index contributed by atoms with van der Waals surface area (Å²) in [6.07, 6.45) is 6.53. The number of ketones is 1. The summed E-state index contributed by atoms with van der Waals surface area (Å²) in [6.45, 7) is 4.88. The number of hydrogen-bond donors (Lipinski definition) is 2. The number of rotatable bonds is 8. The molecule has 1 saturated carbocycles. The van der Waals surface area contributed by atoms with Crippen molar-refractivity contribution >= 4 is 24.3 Å². The first-order valence-electron chi connectivity index (χ1n) is 8.06. The van der Waals surface area contributed by atoms with E-state index in [1.54, 1.807) is 0 Å². The maximum atomic E-state index is 12.5. The minimum atomic E-state index is 0.102. The minimum Gasteiger partial charge on any atom is -0.355 e. The molecule has 0 aromatic rings. The molecule has 0 aliphatic heterocycles. The van der Waals surface area contributed by atoms with Crippen LogP contribution in [0.3, 0.4) is 0 Å². The lowest BCUT2D eigenvalue weighted by atomic mass is 9.75. The number of Topliss-reactive ketones (excluding diaryl/α,β-unsaturated/α-hetero) is 1. The molecular weight excluding hydrogens is 270 g/mol. The molecule has 0 radical (unpaired) electrons. The molecule has 0 spiro atoms. The Morgan fingerprint density at radius 2 is 1.75 bits per heavy atom. The quantitative estimate of drug-likeness (QED) is 0.676. The molecule has 116 valence electrons. The molecule has 0 bridgehead atoms. The van der Waals surface area contributed by atoms with Crippen LogP contribution in [-0.4, -0.2) is 24.0 Å². The molecular formula is C16H29NO2S. The average molecular weight is 299 g/mol. The molecule has 1 atom stereocenters. The summed E-state index contributed by atoms with van der Waals surface area (Å²) in [6, 6.07) is 0. The summed E-state index contributed by atoms with van der Waals surface area (Å²) in [7, 11) is 0. The first-order valence-corrected chi connectivity index (χ1v) is 8.69. The second-order valence-electron chi connectivity index (χ2n) is 5.86. The molecule has 20 heavy (non-hydrogen) atoms. The van der Waals surface area contributed by atoms with Gasteiger partial charge in [0.15, 0.2) is 0 Å². The Morgan fingerprint density at radius 3 is 2.25 bits per heavy atom. The predicted octanol–water partition coefficient (Wildman–Crippen LogP) is 3.23. The lowest BCUT2D eigenvalue weighted by molar-refractivity contribution is -0.131.